The van der Waals surface area contributed by atoms with Crippen LogP contribution in [0, 0.1) is 4.91 Å². The molecule has 0 unspecified atom stereocenters. The van der Waals surface area contributed by atoms with Crippen molar-refractivity contribution in [2.45, 2.75) is 49.0 Å². The summed E-state index contributed by atoms with van der Waals surface area (Å²) < 4.78 is 45.0. The van der Waals surface area contributed by atoms with E-state index in [4.69, 9.17) is 0 Å². The predicted octanol–water partition coefficient (Wildman–Crippen LogP) is 5.02. The zero-order valence-electron chi connectivity index (χ0n) is 11.4. The highest BCUT2D eigenvalue weighted by atomic mass is 79.9. The van der Waals surface area contributed by atoms with Gasteiger partial charge in [0.05, 0.1) is 10.9 Å². The van der Waals surface area contributed by atoms with E-state index in [1.807, 2.05) is 0 Å². The molecule has 1 aliphatic rings. The quantitative estimate of drug-likeness (QED) is 0.558. The highest BCUT2D eigenvalue weighted by Crippen LogP contribution is 2.35. The van der Waals surface area contributed by atoms with Crippen molar-refractivity contribution in [1.82, 2.24) is 4.72 Å². The minimum Gasteiger partial charge on any atom is -0.405 e. The number of nitrogens with zero attached hydrogens (tertiary/aromatic N) is 1. The van der Waals surface area contributed by atoms with Crippen molar-refractivity contribution >= 4 is 27.9 Å². The number of nitroso groups, excluding NO2 is 1. The molecule has 0 bridgehead atoms. The van der Waals surface area contributed by atoms with Crippen LogP contribution in [0.5, 0.6) is 5.75 Å². The lowest BCUT2D eigenvalue weighted by molar-refractivity contribution is -0.275. The van der Waals surface area contributed by atoms with Gasteiger partial charge in [-0.25, -0.2) is 0 Å². The van der Waals surface area contributed by atoms with E-state index in [9.17, 15) is 18.1 Å². The number of benzene rings is 1. The smallest absolute Gasteiger partial charge is 0.405 e. The van der Waals surface area contributed by atoms with Gasteiger partial charge in [-0.1, -0.05) is 21.1 Å². The molecule has 1 aromatic carbocycles. The predicted molar refractivity (Wildman–Crippen MR) is 81.7 cm³/mol. The lowest BCUT2D eigenvalue weighted by atomic mass is 9.92. The Kier molecular flexibility index (Phi) is 6.10. The van der Waals surface area contributed by atoms with Crippen LogP contribution in [0.15, 0.2) is 32.7 Å². The SMILES string of the molecule is O=NC1CCC(NSc2cc(Br)ccc2OC(F)(F)F)CC1. The van der Waals surface area contributed by atoms with E-state index in [2.05, 4.69) is 30.6 Å². The molecule has 0 radical (unpaired) electrons. The molecule has 1 aliphatic carbocycles. The van der Waals surface area contributed by atoms with E-state index in [-0.39, 0.29) is 17.8 Å². The van der Waals surface area contributed by atoms with Gasteiger partial charge in [0.1, 0.15) is 5.75 Å². The van der Waals surface area contributed by atoms with Gasteiger partial charge in [-0.2, -0.15) is 4.91 Å². The molecule has 0 aliphatic heterocycles. The molecule has 0 saturated heterocycles. The van der Waals surface area contributed by atoms with Crippen LogP contribution in [-0.2, 0) is 0 Å². The summed E-state index contributed by atoms with van der Waals surface area (Å²) in [7, 11) is 0. The largest absolute Gasteiger partial charge is 0.573 e. The van der Waals surface area contributed by atoms with E-state index in [0.29, 0.717) is 22.2 Å². The molecule has 0 atom stereocenters. The van der Waals surface area contributed by atoms with Crippen molar-refractivity contribution in [1.29, 1.82) is 0 Å². The number of rotatable bonds is 5. The van der Waals surface area contributed by atoms with E-state index >= 15 is 0 Å². The first-order valence-corrected chi connectivity index (χ1v) is 8.28. The molecule has 0 spiro atoms. The van der Waals surface area contributed by atoms with Crippen molar-refractivity contribution < 1.29 is 17.9 Å². The summed E-state index contributed by atoms with van der Waals surface area (Å²) in [6, 6.07) is 4.33. The fourth-order valence-corrected chi connectivity index (χ4v) is 3.65. The average molecular weight is 399 g/mol. The van der Waals surface area contributed by atoms with Gasteiger partial charge in [0.2, 0.25) is 0 Å². The summed E-state index contributed by atoms with van der Waals surface area (Å²) in [4.78, 5) is 10.8. The van der Waals surface area contributed by atoms with Crippen molar-refractivity contribution in [3.63, 3.8) is 0 Å². The number of alkyl halides is 3. The topological polar surface area (TPSA) is 50.7 Å². The maximum Gasteiger partial charge on any atom is 0.573 e. The molecule has 2 rings (SSSR count). The summed E-state index contributed by atoms with van der Waals surface area (Å²) in [5.74, 6) is -0.239. The highest BCUT2D eigenvalue weighted by Gasteiger charge is 2.32. The molecule has 0 heterocycles. The van der Waals surface area contributed by atoms with Crippen molar-refractivity contribution in [2.75, 3.05) is 0 Å². The third kappa shape index (κ3) is 5.44. The van der Waals surface area contributed by atoms with Crippen molar-refractivity contribution in [3.8, 4) is 5.75 Å². The lowest BCUT2D eigenvalue weighted by Crippen LogP contribution is -2.30. The number of hydrogen-bond donors (Lipinski definition) is 1. The van der Waals surface area contributed by atoms with Crippen LogP contribution >= 0.6 is 27.9 Å². The Morgan fingerprint density at radius 1 is 1.27 bits per heavy atom. The molecule has 1 fully saturated rings. The number of nitrogens with one attached hydrogen (secondary N) is 1. The van der Waals surface area contributed by atoms with Crippen LogP contribution in [0.2, 0.25) is 0 Å². The molecular weight excluding hydrogens is 385 g/mol. The minimum atomic E-state index is -4.73. The molecule has 1 saturated carbocycles. The third-order valence-electron chi connectivity index (χ3n) is 3.31. The zero-order valence-corrected chi connectivity index (χ0v) is 13.8. The van der Waals surface area contributed by atoms with Crippen LogP contribution in [0.1, 0.15) is 25.7 Å². The van der Waals surface area contributed by atoms with Gasteiger partial charge in [-0.3, -0.25) is 4.72 Å². The Bertz CT molecular complexity index is 522. The lowest BCUT2D eigenvalue weighted by Gasteiger charge is -2.25. The Morgan fingerprint density at radius 3 is 2.55 bits per heavy atom. The monoisotopic (exact) mass is 398 g/mol. The van der Waals surface area contributed by atoms with Gasteiger partial charge in [0, 0.05) is 10.5 Å². The highest BCUT2D eigenvalue weighted by molar-refractivity contribution is 9.10. The molecule has 4 nitrogen and oxygen atoms in total. The molecule has 0 aromatic heterocycles. The Balaban J connectivity index is 1.97. The van der Waals surface area contributed by atoms with Crippen LogP contribution < -0.4 is 9.46 Å². The summed E-state index contributed by atoms with van der Waals surface area (Å²) in [6.45, 7) is 0. The summed E-state index contributed by atoms with van der Waals surface area (Å²) >= 11 is 4.34. The van der Waals surface area contributed by atoms with Crippen molar-refractivity contribution in [2.24, 2.45) is 5.18 Å². The fourth-order valence-electron chi connectivity index (χ4n) is 2.22. The van der Waals surface area contributed by atoms with Crippen LogP contribution in [0.25, 0.3) is 0 Å². The van der Waals surface area contributed by atoms with Gasteiger partial charge in [0.15, 0.2) is 0 Å². The third-order valence-corrected chi connectivity index (χ3v) is 4.80. The molecule has 122 valence electrons. The Hall–Kier alpha value is -0.800. The first-order chi connectivity index (χ1) is 10.4. The van der Waals surface area contributed by atoms with E-state index in [0.717, 1.165) is 24.8 Å². The first kappa shape index (κ1) is 17.6. The Morgan fingerprint density at radius 2 is 1.95 bits per heavy atom. The number of ether oxygens (including phenoxy) is 1. The van der Waals surface area contributed by atoms with Gasteiger partial charge in [0.25, 0.3) is 0 Å². The van der Waals surface area contributed by atoms with E-state index in [1.54, 1.807) is 6.07 Å². The molecule has 1 N–H and O–H groups in total. The first-order valence-electron chi connectivity index (χ1n) is 6.67. The van der Waals surface area contributed by atoms with Crippen molar-refractivity contribution in [3.05, 3.63) is 27.6 Å². The molecule has 1 aromatic rings. The summed E-state index contributed by atoms with van der Waals surface area (Å²) in [5, 5.41) is 3.03. The van der Waals surface area contributed by atoms with Gasteiger partial charge < -0.3 is 4.74 Å². The molecule has 22 heavy (non-hydrogen) atoms. The number of hydrogen-bond acceptors (Lipinski definition) is 5. The fraction of sp³-hybridized carbons (Fsp3) is 0.538. The second-order valence-corrected chi connectivity index (χ2v) is 6.76. The second kappa shape index (κ2) is 7.65. The standard InChI is InChI=1S/C13H14BrF3N2O2S/c14-8-1-6-11(21-13(15,16)17)12(7-8)22-19-10-4-2-9(18-20)3-5-10/h1,6-7,9-10,19H,2-5H2. The maximum atomic E-state index is 12.4. The van der Waals surface area contributed by atoms with E-state index in [1.165, 1.54) is 12.1 Å². The minimum absolute atomic E-state index is 0.140. The van der Waals surface area contributed by atoms with E-state index < -0.39 is 6.36 Å². The summed E-state index contributed by atoms with van der Waals surface area (Å²) in [6.07, 6.45) is -1.78. The van der Waals surface area contributed by atoms with Gasteiger partial charge in [-0.15, -0.1) is 13.2 Å². The zero-order chi connectivity index (χ0) is 16.2. The second-order valence-electron chi connectivity index (χ2n) is 4.97. The van der Waals surface area contributed by atoms with Crippen LogP contribution in [0.4, 0.5) is 13.2 Å². The van der Waals surface area contributed by atoms with Crippen LogP contribution in [0.3, 0.4) is 0 Å². The number of halogens is 4. The van der Waals surface area contributed by atoms with Gasteiger partial charge >= 0.3 is 6.36 Å². The normalized spacial score (nSPS) is 22.4. The molecule has 9 heteroatoms. The maximum absolute atomic E-state index is 12.4. The molecule has 0 amide bonds. The average Bonchev–Trinajstić information content (AvgIpc) is 2.47. The van der Waals surface area contributed by atoms with Crippen LogP contribution in [-0.4, -0.2) is 18.4 Å². The summed E-state index contributed by atoms with van der Waals surface area (Å²) in [5.41, 5.74) is 0. The van der Waals surface area contributed by atoms with Gasteiger partial charge in [-0.05, 0) is 55.8 Å². The Labute approximate surface area is 138 Å². The molecular formula is C13H14BrF3N2O2S.